The molecule has 70 heavy (non-hydrogen) atoms. The second kappa shape index (κ2) is 19.2. The first-order valence-corrected chi connectivity index (χ1v) is 24.8. The molecule has 11 aromatic rings. The minimum absolute atomic E-state index is 0.657. The van der Waals surface area contributed by atoms with E-state index in [-0.39, 0.29) is 0 Å². The van der Waals surface area contributed by atoms with Crippen molar-refractivity contribution in [3.63, 3.8) is 0 Å². The van der Waals surface area contributed by atoms with Crippen LogP contribution in [-0.2, 0) is 0 Å². The molecule has 0 amide bonds. The van der Waals surface area contributed by atoms with E-state index in [9.17, 15) is 0 Å². The highest BCUT2D eigenvalue weighted by Gasteiger charge is 2.23. The van der Waals surface area contributed by atoms with E-state index in [4.69, 9.17) is 0 Å². The van der Waals surface area contributed by atoms with Gasteiger partial charge in [-0.15, -0.1) is 0 Å². The Morgan fingerprint density at radius 3 is 1.21 bits per heavy atom. The van der Waals surface area contributed by atoms with E-state index < -0.39 is 0 Å². The first-order valence-electron chi connectivity index (χ1n) is 24.8. The molecular formula is C66H54N4. The fourth-order valence-corrected chi connectivity index (χ4v) is 10.9. The molecule has 0 N–H and O–H groups in total. The Morgan fingerprint density at radius 2 is 0.729 bits per heavy atom. The zero-order valence-corrected chi connectivity index (χ0v) is 39.2. The first kappa shape index (κ1) is 42.7. The predicted molar refractivity (Wildman–Crippen MR) is 296 cm³/mol. The summed E-state index contributed by atoms with van der Waals surface area (Å²) in [5.74, 6) is 0.657. The van der Waals surface area contributed by atoms with Gasteiger partial charge in [-0.3, -0.25) is 0 Å². The number of para-hydroxylation sites is 5. The highest BCUT2D eigenvalue weighted by atomic mass is 15.2. The van der Waals surface area contributed by atoms with E-state index in [1.807, 2.05) is 0 Å². The van der Waals surface area contributed by atoms with Crippen LogP contribution >= 0.6 is 0 Å². The van der Waals surface area contributed by atoms with E-state index >= 15 is 0 Å². The summed E-state index contributed by atoms with van der Waals surface area (Å²) in [6.45, 7) is 0. The molecule has 4 heteroatoms. The van der Waals surface area contributed by atoms with Gasteiger partial charge in [-0.2, -0.15) is 0 Å². The summed E-state index contributed by atoms with van der Waals surface area (Å²) in [4.78, 5) is 7.11. The minimum atomic E-state index is 0.657. The van der Waals surface area contributed by atoms with Crippen LogP contribution in [0.1, 0.15) is 43.6 Å². The molecule has 12 rings (SSSR count). The Morgan fingerprint density at radius 1 is 0.314 bits per heavy atom. The van der Waals surface area contributed by atoms with Crippen LogP contribution in [0.5, 0.6) is 0 Å². The molecule has 1 aliphatic carbocycles. The third kappa shape index (κ3) is 8.28. The number of aromatic nitrogens is 1. The van der Waals surface area contributed by atoms with Crippen molar-refractivity contribution in [1.29, 1.82) is 0 Å². The molecule has 0 bridgehead atoms. The molecule has 1 heterocycles. The highest BCUT2D eigenvalue weighted by molar-refractivity contribution is 6.16. The smallest absolute Gasteiger partial charge is 0.0547 e. The Hall–Kier alpha value is -8.60. The number of hydrogen-bond donors (Lipinski definition) is 0. The van der Waals surface area contributed by atoms with E-state index in [1.54, 1.807) is 0 Å². The normalized spacial score (nSPS) is 12.8. The quantitative estimate of drug-likeness (QED) is 0.121. The van der Waals surface area contributed by atoms with Crippen LogP contribution in [0.15, 0.2) is 261 Å². The topological polar surface area (TPSA) is 14.7 Å². The zero-order valence-electron chi connectivity index (χ0n) is 39.2. The maximum Gasteiger partial charge on any atom is 0.0547 e. The molecule has 338 valence electrons. The lowest BCUT2D eigenvalue weighted by atomic mass is 9.83. The van der Waals surface area contributed by atoms with E-state index in [0.29, 0.717) is 5.92 Å². The molecule has 4 nitrogen and oxygen atoms in total. The Bertz CT molecular complexity index is 3300. The second-order valence-corrected chi connectivity index (χ2v) is 18.4. The van der Waals surface area contributed by atoms with E-state index in [1.165, 1.54) is 65.1 Å². The summed E-state index contributed by atoms with van der Waals surface area (Å²) in [5.41, 5.74) is 17.1. The number of fused-ring (bicyclic) bond motifs is 3. The lowest BCUT2D eigenvalue weighted by Crippen LogP contribution is -2.14. The average molecular weight is 903 g/mol. The Balaban J connectivity index is 1.08. The van der Waals surface area contributed by atoms with Gasteiger partial charge in [0, 0.05) is 67.6 Å². The van der Waals surface area contributed by atoms with Gasteiger partial charge in [0.15, 0.2) is 0 Å². The van der Waals surface area contributed by atoms with Gasteiger partial charge in [-0.05, 0) is 157 Å². The van der Waals surface area contributed by atoms with Crippen molar-refractivity contribution in [2.24, 2.45) is 0 Å². The Kier molecular flexibility index (Phi) is 11.7. The van der Waals surface area contributed by atoms with Gasteiger partial charge in [0.05, 0.1) is 11.0 Å². The number of hydrogen-bond acceptors (Lipinski definition) is 3. The highest BCUT2D eigenvalue weighted by Crippen LogP contribution is 2.46. The van der Waals surface area contributed by atoms with E-state index in [2.05, 4.69) is 280 Å². The van der Waals surface area contributed by atoms with Crippen molar-refractivity contribution in [3.05, 3.63) is 266 Å². The molecule has 1 fully saturated rings. The molecule has 0 atom stereocenters. The van der Waals surface area contributed by atoms with Gasteiger partial charge >= 0.3 is 0 Å². The minimum Gasteiger partial charge on any atom is -0.310 e. The molecule has 10 aromatic carbocycles. The van der Waals surface area contributed by atoms with Crippen LogP contribution < -0.4 is 14.7 Å². The third-order valence-electron chi connectivity index (χ3n) is 14.1. The lowest BCUT2D eigenvalue weighted by molar-refractivity contribution is 0.443. The van der Waals surface area contributed by atoms with Crippen molar-refractivity contribution in [1.82, 2.24) is 4.57 Å². The molecule has 1 aromatic heterocycles. The summed E-state index contributed by atoms with van der Waals surface area (Å²) in [7, 11) is 0. The molecular weight excluding hydrogens is 849 g/mol. The van der Waals surface area contributed by atoms with Gasteiger partial charge in [0.25, 0.3) is 0 Å². The van der Waals surface area contributed by atoms with Crippen molar-refractivity contribution in [2.75, 3.05) is 14.7 Å². The summed E-state index contributed by atoms with van der Waals surface area (Å²) >= 11 is 0. The third-order valence-corrected chi connectivity index (χ3v) is 14.1. The fraction of sp³-hybridized carbons (Fsp3) is 0.0909. The Labute approximate surface area is 411 Å². The van der Waals surface area contributed by atoms with Crippen LogP contribution in [0.3, 0.4) is 0 Å². The number of benzene rings is 10. The number of nitrogens with zero attached hydrogens (tertiary/aromatic N) is 4. The van der Waals surface area contributed by atoms with Gasteiger partial charge < -0.3 is 19.3 Å². The average Bonchev–Trinajstić information content (AvgIpc) is 3.77. The molecule has 1 aliphatic rings. The number of rotatable bonds is 12. The molecule has 1 saturated carbocycles. The maximum absolute atomic E-state index is 2.44. The van der Waals surface area contributed by atoms with Gasteiger partial charge in [-0.1, -0.05) is 159 Å². The number of anilines is 9. The molecule has 0 unspecified atom stereocenters. The van der Waals surface area contributed by atoms with Gasteiger partial charge in [0.1, 0.15) is 0 Å². The van der Waals surface area contributed by atoms with Crippen LogP contribution in [0.4, 0.5) is 51.2 Å². The van der Waals surface area contributed by atoms with Gasteiger partial charge in [0.2, 0.25) is 0 Å². The largest absolute Gasteiger partial charge is 0.310 e. The summed E-state index contributed by atoms with van der Waals surface area (Å²) in [6, 6.07) is 94.8. The van der Waals surface area contributed by atoms with Crippen LogP contribution in [0.2, 0.25) is 0 Å². The van der Waals surface area contributed by atoms with Gasteiger partial charge in [-0.25, -0.2) is 0 Å². The van der Waals surface area contributed by atoms with Crippen LogP contribution in [-0.4, -0.2) is 4.57 Å². The van der Waals surface area contributed by atoms with Crippen molar-refractivity contribution in [2.45, 2.75) is 38.0 Å². The molecule has 0 saturated heterocycles. The zero-order chi connectivity index (χ0) is 46.6. The molecule has 0 spiro atoms. The fourth-order valence-electron chi connectivity index (χ4n) is 10.9. The molecule has 0 radical (unpaired) electrons. The van der Waals surface area contributed by atoms with Crippen molar-refractivity contribution in [3.8, 4) is 16.8 Å². The van der Waals surface area contributed by atoms with Crippen LogP contribution in [0, 0.1) is 0 Å². The summed E-state index contributed by atoms with van der Waals surface area (Å²) < 4.78 is 2.44. The monoisotopic (exact) mass is 902 g/mol. The second-order valence-electron chi connectivity index (χ2n) is 18.4. The van der Waals surface area contributed by atoms with Crippen LogP contribution in [0.25, 0.3) is 38.6 Å². The SMILES string of the molecule is c1ccc(N(c2ccccc2)c2cccc(N(c3cccc(N(c4ccccc4)c4ccccc4)c3)c3ccc4c(c3)c3c(-c5ccc(C6CCCCC6)cc5)cccc3n4-c3ccccc3)c2)cc1. The summed E-state index contributed by atoms with van der Waals surface area (Å²) in [5, 5.41) is 2.45. The summed E-state index contributed by atoms with van der Waals surface area (Å²) in [6.07, 6.45) is 6.60. The predicted octanol–water partition coefficient (Wildman–Crippen LogP) is 18.9. The lowest BCUT2D eigenvalue weighted by Gasteiger charge is -2.31. The van der Waals surface area contributed by atoms with Crippen molar-refractivity contribution >= 4 is 73.0 Å². The molecule has 0 aliphatic heterocycles. The first-order chi connectivity index (χ1) is 34.7. The standard InChI is InChI=1S/C66H54N4/c1-7-22-49(23-8-1)50-40-42-51(43-41-50)62-38-21-39-65-66(62)63-48-61(44-45-64(63)70(65)56-32-17-6-18-33-56)69(59-36-19-34-57(46-59)67(52-24-9-2-10-25-52)53-26-11-3-12-27-53)60-37-20-35-58(47-60)68(54-28-13-4-14-29-54)55-30-15-5-16-31-55/h2-6,9-21,24-49H,1,7-8,22-23H2. The van der Waals surface area contributed by atoms with E-state index in [0.717, 1.165) is 62.4 Å². The van der Waals surface area contributed by atoms with Crippen molar-refractivity contribution < 1.29 is 0 Å². The maximum atomic E-state index is 2.44.